The zero-order chi connectivity index (χ0) is 16.9. The van der Waals surface area contributed by atoms with Crippen LogP contribution >= 0.6 is 0 Å². The lowest BCUT2D eigenvalue weighted by molar-refractivity contribution is 0.0957. The molecular weight excluding hydrogens is 302 g/mol. The lowest BCUT2D eigenvalue weighted by Crippen LogP contribution is -2.43. The van der Waals surface area contributed by atoms with Gasteiger partial charge >= 0.3 is 0 Å². The van der Waals surface area contributed by atoms with Crippen LogP contribution in [0.15, 0.2) is 12.1 Å². The van der Waals surface area contributed by atoms with Crippen LogP contribution in [-0.2, 0) is 0 Å². The van der Waals surface area contributed by atoms with Gasteiger partial charge in [-0.1, -0.05) is 6.92 Å². The van der Waals surface area contributed by atoms with Gasteiger partial charge in [0.2, 0.25) is 0 Å². The summed E-state index contributed by atoms with van der Waals surface area (Å²) in [4.78, 5) is 16.5. The van der Waals surface area contributed by atoms with Crippen molar-refractivity contribution < 1.29 is 4.79 Å². The smallest absolute Gasteiger partial charge is 0.271 e. The van der Waals surface area contributed by atoms with E-state index in [1.807, 2.05) is 6.07 Å². The van der Waals surface area contributed by atoms with Crippen LogP contribution in [0.4, 0.5) is 5.82 Å². The molecule has 6 nitrogen and oxygen atoms in total. The fourth-order valence-corrected chi connectivity index (χ4v) is 3.78. The minimum atomic E-state index is -0.190. The lowest BCUT2D eigenvalue weighted by atomic mass is 9.94. The van der Waals surface area contributed by atoms with Crippen LogP contribution < -0.4 is 10.2 Å². The fraction of sp³-hybridized carbons (Fsp3) is 0.722. The van der Waals surface area contributed by atoms with Crippen LogP contribution in [0.25, 0.3) is 0 Å². The normalized spacial score (nSPS) is 23.2. The summed E-state index contributed by atoms with van der Waals surface area (Å²) in [6, 6.07) is 3.68. The molecule has 2 fully saturated rings. The van der Waals surface area contributed by atoms with Gasteiger partial charge in [0.1, 0.15) is 0 Å². The number of amides is 1. The molecule has 0 saturated carbocycles. The maximum atomic E-state index is 11.6. The number of aromatic nitrogens is 2. The maximum Gasteiger partial charge on any atom is 0.271 e. The van der Waals surface area contributed by atoms with Crippen molar-refractivity contribution >= 4 is 11.7 Å². The van der Waals surface area contributed by atoms with Gasteiger partial charge in [-0.2, -0.15) is 0 Å². The van der Waals surface area contributed by atoms with Crippen molar-refractivity contribution in [3.8, 4) is 0 Å². The van der Waals surface area contributed by atoms with Crippen LogP contribution in [0.3, 0.4) is 0 Å². The van der Waals surface area contributed by atoms with Crippen LogP contribution in [0.1, 0.15) is 43.1 Å². The van der Waals surface area contributed by atoms with Crippen molar-refractivity contribution in [1.29, 1.82) is 0 Å². The Labute approximate surface area is 144 Å². The van der Waals surface area contributed by atoms with Gasteiger partial charge in [-0.25, -0.2) is 0 Å². The number of piperidine rings is 2. The van der Waals surface area contributed by atoms with Crippen LogP contribution in [0, 0.1) is 11.8 Å². The van der Waals surface area contributed by atoms with Gasteiger partial charge < -0.3 is 15.1 Å². The Balaban J connectivity index is 1.56. The predicted molar refractivity (Wildman–Crippen MR) is 95.2 cm³/mol. The highest BCUT2D eigenvalue weighted by atomic mass is 16.1. The first-order valence-electron chi connectivity index (χ1n) is 9.19. The van der Waals surface area contributed by atoms with Crippen molar-refractivity contribution in [1.82, 2.24) is 20.4 Å². The first-order chi connectivity index (χ1) is 11.7. The Morgan fingerprint density at radius 3 is 2.67 bits per heavy atom. The highest BCUT2D eigenvalue weighted by Crippen LogP contribution is 2.24. The van der Waals surface area contributed by atoms with Crippen molar-refractivity contribution in [2.24, 2.45) is 11.8 Å². The Morgan fingerprint density at radius 1 is 1.21 bits per heavy atom. The third-order valence-electron chi connectivity index (χ3n) is 5.35. The largest absolute Gasteiger partial charge is 0.355 e. The SMILES string of the molecule is CNC(=O)c1ccc(N2CCCC(CN3CCC(C)CC3)C2)nn1. The summed E-state index contributed by atoms with van der Waals surface area (Å²) in [5.74, 6) is 2.29. The minimum Gasteiger partial charge on any atom is -0.355 e. The van der Waals surface area contributed by atoms with E-state index in [1.54, 1.807) is 13.1 Å². The number of hydrogen-bond donors (Lipinski definition) is 1. The summed E-state index contributed by atoms with van der Waals surface area (Å²) in [6.07, 6.45) is 5.17. The third-order valence-corrected chi connectivity index (χ3v) is 5.35. The van der Waals surface area contributed by atoms with E-state index in [1.165, 1.54) is 45.3 Å². The molecule has 0 aromatic carbocycles. The van der Waals surface area contributed by atoms with Crippen molar-refractivity contribution in [3.05, 3.63) is 17.8 Å². The highest BCUT2D eigenvalue weighted by Gasteiger charge is 2.25. The average molecular weight is 331 g/mol. The molecule has 3 heterocycles. The molecule has 0 radical (unpaired) electrons. The number of hydrogen-bond acceptors (Lipinski definition) is 5. The van der Waals surface area contributed by atoms with Gasteiger partial charge in [0, 0.05) is 26.7 Å². The molecule has 1 aromatic rings. The van der Waals surface area contributed by atoms with Gasteiger partial charge in [0.25, 0.3) is 5.91 Å². The quantitative estimate of drug-likeness (QED) is 0.911. The highest BCUT2D eigenvalue weighted by molar-refractivity contribution is 5.91. The molecule has 1 amide bonds. The van der Waals surface area contributed by atoms with E-state index in [9.17, 15) is 4.79 Å². The van der Waals surface area contributed by atoms with Crippen LogP contribution in [0.2, 0.25) is 0 Å². The number of carbonyl (C=O) groups excluding carboxylic acids is 1. The molecule has 2 saturated heterocycles. The molecule has 2 aliphatic heterocycles. The van der Waals surface area contributed by atoms with Gasteiger partial charge in [-0.15, -0.1) is 10.2 Å². The molecule has 0 aliphatic carbocycles. The molecule has 1 atom stereocenters. The first kappa shape index (κ1) is 17.1. The minimum absolute atomic E-state index is 0.190. The Kier molecular flexibility index (Phi) is 5.66. The summed E-state index contributed by atoms with van der Waals surface area (Å²) < 4.78 is 0. The molecule has 0 spiro atoms. The van der Waals surface area contributed by atoms with Crippen LogP contribution in [0.5, 0.6) is 0 Å². The monoisotopic (exact) mass is 331 g/mol. The van der Waals surface area contributed by atoms with Gasteiger partial charge in [-0.3, -0.25) is 4.79 Å². The fourth-order valence-electron chi connectivity index (χ4n) is 3.78. The topological polar surface area (TPSA) is 61.4 Å². The third kappa shape index (κ3) is 4.23. The molecule has 3 rings (SSSR count). The second-order valence-electron chi connectivity index (χ2n) is 7.29. The second kappa shape index (κ2) is 7.92. The second-order valence-corrected chi connectivity index (χ2v) is 7.29. The summed E-state index contributed by atoms with van der Waals surface area (Å²) in [6.45, 7) is 8.13. The standard InChI is InChI=1S/C18H29N5O/c1-14-7-10-22(11-8-14)12-15-4-3-9-23(13-15)17-6-5-16(20-21-17)18(24)19-2/h5-6,14-15H,3-4,7-13H2,1-2H3,(H,19,24). The lowest BCUT2D eigenvalue weighted by Gasteiger charge is -2.38. The Hall–Kier alpha value is -1.69. The van der Waals surface area contributed by atoms with Gasteiger partial charge in [-0.05, 0) is 62.7 Å². The summed E-state index contributed by atoms with van der Waals surface area (Å²) in [5.41, 5.74) is 0.372. The summed E-state index contributed by atoms with van der Waals surface area (Å²) >= 11 is 0. The number of carbonyl (C=O) groups is 1. The van der Waals surface area contributed by atoms with E-state index in [2.05, 4.69) is 32.2 Å². The maximum absolute atomic E-state index is 11.6. The van der Waals surface area contributed by atoms with Crippen molar-refractivity contribution in [2.75, 3.05) is 44.7 Å². The van der Waals surface area contributed by atoms with E-state index in [0.717, 1.165) is 24.8 Å². The number of rotatable bonds is 4. The van der Waals surface area contributed by atoms with E-state index < -0.39 is 0 Å². The first-order valence-corrected chi connectivity index (χ1v) is 9.19. The number of nitrogens with one attached hydrogen (secondary N) is 1. The Bertz CT molecular complexity index is 539. The van der Waals surface area contributed by atoms with E-state index in [4.69, 9.17) is 0 Å². The number of nitrogens with zero attached hydrogens (tertiary/aromatic N) is 4. The van der Waals surface area contributed by atoms with E-state index in [0.29, 0.717) is 11.6 Å². The molecule has 2 aliphatic rings. The number of anilines is 1. The zero-order valence-corrected chi connectivity index (χ0v) is 14.9. The van der Waals surface area contributed by atoms with Crippen molar-refractivity contribution in [2.45, 2.75) is 32.6 Å². The van der Waals surface area contributed by atoms with Gasteiger partial charge in [0.05, 0.1) is 0 Å². The molecule has 1 unspecified atom stereocenters. The van der Waals surface area contributed by atoms with E-state index in [-0.39, 0.29) is 5.91 Å². The molecule has 132 valence electrons. The molecule has 1 N–H and O–H groups in total. The number of likely N-dealkylation sites (tertiary alicyclic amines) is 1. The Morgan fingerprint density at radius 2 is 2.00 bits per heavy atom. The molecule has 1 aromatic heterocycles. The van der Waals surface area contributed by atoms with E-state index >= 15 is 0 Å². The van der Waals surface area contributed by atoms with Crippen LogP contribution in [-0.4, -0.2) is 60.8 Å². The molecule has 24 heavy (non-hydrogen) atoms. The zero-order valence-electron chi connectivity index (χ0n) is 14.9. The summed E-state index contributed by atoms with van der Waals surface area (Å²) in [5, 5.41) is 10.9. The van der Waals surface area contributed by atoms with Gasteiger partial charge in [0.15, 0.2) is 11.5 Å². The average Bonchev–Trinajstić information content (AvgIpc) is 2.63. The molecular formula is C18H29N5O. The molecule has 0 bridgehead atoms. The molecule has 6 heteroatoms. The van der Waals surface area contributed by atoms with Crippen molar-refractivity contribution in [3.63, 3.8) is 0 Å². The predicted octanol–water partition coefficient (Wildman–Crippen LogP) is 1.78. The summed E-state index contributed by atoms with van der Waals surface area (Å²) in [7, 11) is 1.61.